The minimum atomic E-state index is -0.0691. The molecule has 1 heterocycles. The van der Waals surface area contributed by atoms with E-state index in [2.05, 4.69) is 10.2 Å². The summed E-state index contributed by atoms with van der Waals surface area (Å²) in [6.45, 7) is 1.87. The summed E-state index contributed by atoms with van der Waals surface area (Å²) in [5, 5.41) is 9.62. The molecule has 0 amide bonds. The van der Waals surface area contributed by atoms with E-state index >= 15 is 0 Å². The summed E-state index contributed by atoms with van der Waals surface area (Å²) in [4.78, 5) is 12.0. The van der Waals surface area contributed by atoms with Crippen LogP contribution in [0.3, 0.4) is 0 Å². The summed E-state index contributed by atoms with van der Waals surface area (Å²) < 4.78 is 0.777. The van der Waals surface area contributed by atoms with Gasteiger partial charge >= 0.3 is 0 Å². The van der Waals surface area contributed by atoms with E-state index in [9.17, 15) is 4.79 Å². The first-order valence-electron chi connectivity index (χ1n) is 4.97. The smallest absolute Gasteiger partial charge is 0.174 e. The van der Waals surface area contributed by atoms with Gasteiger partial charge in [-0.15, -0.1) is 10.2 Å². The average molecular weight is 319 g/mol. The molecule has 0 aliphatic carbocycles. The van der Waals surface area contributed by atoms with Crippen LogP contribution in [0.1, 0.15) is 15.4 Å². The van der Waals surface area contributed by atoms with Crippen molar-refractivity contribution in [1.82, 2.24) is 10.2 Å². The Bertz CT molecular complexity index is 586. The molecular formula is C11H8Cl2N2OS2. The Labute approximate surface area is 123 Å². The second kappa shape index (κ2) is 6.02. The normalized spacial score (nSPS) is 10.6. The molecule has 0 aliphatic heterocycles. The first kappa shape index (κ1) is 13.8. The lowest BCUT2D eigenvalue weighted by molar-refractivity contribution is 0.102. The second-order valence-electron chi connectivity index (χ2n) is 3.42. The molecule has 2 aromatic rings. The van der Waals surface area contributed by atoms with Crippen molar-refractivity contribution in [3.05, 3.63) is 38.8 Å². The first-order chi connectivity index (χ1) is 8.56. The number of aryl methyl sites for hydroxylation is 1. The van der Waals surface area contributed by atoms with Crippen molar-refractivity contribution < 1.29 is 4.79 Å². The summed E-state index contributed by atoms with van der Waals surface area (Å²) in [5.41, 5.74) is 0.443. The average Bonchev–Trinajstić information content (AvgIpc) is 2.75. The van der Waals surface area contributed by atoms with E-state index in [-0.39, 0.29) is 11.5 Å². The number of thioether (sulfide) groups is 1. The number of ketones is 1. The predicted octanol–water partition coefficient (Wildman–Crippen LogP) is 4.13. The minimum absolute atomic E-state index is 0.0691. The van der Waals surface area contributed by atoms with E-state index in [0.717, 1.165) is 9.35 Å². The van der Waals surface area contributed by atoms with Crippen LogP contribution in [-0.4, -0.2) is 21.7 Å². The monoisotopic (exact) mass is 318 g/mol. The molecule has 3 nitrogen and oxygen atoms in total. The summed E-state index contributed by atoms with van der Waals surface area (Å²) in [6, 6.07) is 4.86. The number of Topliss-reactive ketones (excluding diaryl/α,β-unsaturated/α-hetero) is 1. The zero-order chi connectivity index (χ0) is 13.1. The Morgan fingerprint density at radius 3 is 2.83 bits per heavy atom. The van der Waals surface area contributed by atoms with Crippen LogP contribution >= 0.6 is 46.3 Å². The van der Waals surface area contributed by atoms with Gasteiger partial charge in [-0.05, 0) is 25.1 Å². The van der Waals surface area contributed by atoms with Gasteiger partial charge < -0.3 is 0 Å². The van der Waals surface area contributed by atoms with E-state index in [1.807, 2.05) is 6.92 Å². The fraction of sp³-hybridized carbons (Fsp3) is 0.182. The Kier molecular flexibility index (Phi) is 4.61. The molecule has 1 aromatic carbocycles. The quantitative estimate of drug-likeness (QED) is 0.628. The van der Waals surface area contributed by atoms with Crippen molar-refractivity contribution in [2.75, 3.05) is 5.75 Å². The molecule has 0 fully saturated rings. The standard InChI is InChI=1S/C11H8Cl2N2OS2/c1-6-14-15-11(18-6)17-5-10(16)8-4-7(12)2-3-9(8)13/h2-4H,5H2,1H3. The maximum atomic E-state index is 12.0. The van der Waals surface area contributed by atoms with Crippen LogP contribution < -0.4 is 0 Å². The number of aromatic nitrogens is 2. The van der Waals surface area contributed by atoms with Crippen molar-refractivity contribution in [3.8, 4) is 0 Å². The number of nitrogens with zero attached hydrogens (tertiary/aromatic N) is 2. The fourth-order valence-electron chi connectivity index (χ4n) is 1.25. The van der Waals surface area contributed by atoms with Crippen LogP contribution in [0.15, 0.2) is 22.5 Å². The summed E-state index contributed by atoms with van der Waals surface area (Å²) >= 11 is 14.6. The Hall–Kier alpha value is -0.620. The molecule has 0 saturated heterocycles. The highest BCUT2D eigenvalue weighted by atomic mass is 35.5. The van der Waals surface area contributed by atoms with Gasteiger partial charge in [0.05, 0.1) is 10.8 Å². The molecule has 0 saturated carbocycles. The predicted molar refractivity (Wildman–Crippen MR) is 76.2 cm³/mol. The lowest BCUT2D eigenvalue weighted by Crippen LogP contribution is -2.03. The highest BCUT2D eigenvalue weighted by Crippen LogP contribution is 2.26. The van der Waals surface area contributed by atoms with Crippen molar-refractivity contribution in [3.63, 3.8) is 0 Å². The minimum Gasteiger partial charge on any atom is -0.293 e. The Morgan fingerprint density at radius 1 is 1.39 bits per heavy atom. The molecule has 94 valence electrons. The molecule has 0 spiro atoms. The van der Waals surface area contributed by atoms with Crippen molar-refractivity contribution in [2.45, 2.75) is 11.3 Å². The number of hydrogen-bond acceptors (Lipinski definition) is 5. The molecule has 0 atom stereocenters. The first-order valence-corrected chi connectivity index (χ1v) is 7.53. The molecule has 0 N–H and O–H groups in total. The second-order valence-corrected chi connectivity index (χ2v) is 6.67. The third kappa shape index (κ3) is 3.45. The number of carbonyl (C=O) groups is 1. The van der Waals surface area contributed by atoms with Crippen LogP contribution in [0.2, 0.25) is 10.0 Å². The maximum absolute atomic E-state index is 12.0. The third-order valence-electron chi connectivity index (χ3n) is 2.06. The lowest BCUT2D eigenvalue weighted by atomic mass is 10.1. The van der Waals surface area contributed by atoms with Crippen LogP contribution in [0.5, 0.6) is 0 Å². The number of halogens is 2. The van der Waals surface area contributed by atoms with Crippen LogP contribution in [0, 0.1) is 6.92 Å². The van der Waals surface area contributed by atoms with Gasteiger partial charge in [-0.3, -0.25) is 4.79 Å². The Morgan fingerprint density at radius 2 is 2.17 bits per heavy atom. The molecule has 0 unspecified atom stereocenters. The molecule has 0 bridgehead atoms. The molecule has 1 aromatic heterocycles. The molecule has 2 rings (SSSR count). The number of carbonyl (C=O) groups excluding carboxylic acids is 1. The van der Waals surface area contributed by atoms with Gasteiger partial charge in [0.1, 0.15) is 5.01 Å². The summed E-state index contributed by atoms with van der Waals surface area (Å²) in [5.74, 6) is 0.203. The van der Waals surface area contributed by atoms with Gasteiger partial charge in [0, 0.05) is 10.6 Å². The molecular weight excluding hydrogens is 311 g/mol. The van der Waals surface area contributed by atoms with Crippen LogP contribution in [-0.2, 0) is 0 Å². The van der Waals surface area contributed by atoms with E-state index in [1.54, 1.807) is 18.2 Å². The van der Waals surface area contributed by atoms with Crippen molar-refractivity contribution in [2.24, 2.45) is 0 Å². The van der Waals surface area contributed by atoms with Gasteiger partial charge in [-0.2, -0.15) is 0 Å². The number of benzene rings is 1. The number of hydrogen-bond donors (Lipinski definition) is 0. The topological polar surface area (TPSA) is 42.9 Å². The van der Waals surface area contributed by atoms with E-state index in [0.29, 0.717) is 15.6 Å². The highest BCUT2D eigenvalue weighted by molar-refractivity contribution is 8.01. The number of rotatable bonds is 4. The zero-order valence-electron chi connectivity index (χ0n) is 9.31. The molecule has 0 aliphatic rings. The maximum Gasteiger partial charge on any atom is 0.174 e. The lowest BCUT2D eigenvalue weighted by Gasteiger charge is -2.02. The molecule has 7 heteroatoms. The van der Waals surface area contributed by atoms with Crippen molar-refractivity contribution in [1.29, 1.82) is 0 Å². The van der Waals surface area contributed by atoms with Crippen molar-refractivity contribution >= 4 is 52.1 Å². The third-order valence-corrected chi connectivity index (χ3v) is 4.60. The molecule has 0 radical (unpaired) electrons. The SMILES string of the molecule is Cc1nnc(SCC(=O)c2cc(Cl)ccc2Cl)s1. The van der Waals surface area contributed by atoms with Gasteiger partial charge in [0.25, 0.3) is 0 Å². The van der Waals surface area contributed by atoms with Crippen LogP contribution in [0.25, 0.3) is 0 Å². The molecule has 18 heavy (non-hydrogen) atoms. The summed E-state index contributed by atoms with van der Waals surface area (Å²) in [6.07, 6.45) is 0. The van der Waals surface area contributed by atoms with E-state index < -0.39 is 0 Å². The highest BCUT2D eigenvalue weighted by Gasteiger charge is 2.12. The van der Waals surface area contributed by atoms with E-state index in [1.165, 1.54) is 23.1 Å². The Balaban J connectivity index is 2.05. The fourth-order valence-corrected chi connectivity index (χ4v) is 3.35. The van der Waals surface area contributed by atoms with Gasteiger partial charge in [-0.1, -0.05) is 46.3 Å². The summed E-state index contributed by atoms with van der Waals surface area (Å²) in [7, 11) is 0. The van der Waals surface area contributed by atoms with Gasteiger partial charge in [0.2, 0.25) is 0 Å². The zero-order valence-corrected chi connectivity index (χ0v) is 12.5. The van der Waals surface area contributed by atoms with Gasteiger partial charge in [0.15, 0.2) is 10.1 Å². The van der Waals surface area contributed by atoms with Crippen LogP contribution in [0.4, 0.5) is 0 Å². The van der Waals surface area contributed by atoms with Gasteiger partial charge in [-0.25, -0.2) is 0 Å². The largest absolute Gasteiger partial charge is 0.293 e. The van der Waals surface area contributed by atoms with E-state index in [4.69, 9.17) is 23.2 Å².